The number of anilines is 1. The smallest absolute Gasteiger partial charge is 0.244 e. The summed E-state index contributed by atoms with van der Waals surface area (Å²) in [6.45, 7) is 3.94. The number of carbonyl (C=O) groups excluding carboxylic acids is 1. The molecule has 0 aliphatic carbocycles. The molecule has 1 aliphatic heterocycles. The van der Waals surface area contributed by atoms with Gasteiger partial charge in [-0.05, 0) is 13.0 Å². The van der Waals surface area contributed by atoms with E-state index in [0.717, 1.165) is 17.1 Å². The predicted molar refractivity (Wildman–Crippen MR) is 72.9 cm³/mol. The van der Waals surface area contributed by atoms with Gasteiger partial charge in [0.05, 0.1) is 13.2 Å². The maximum absolute atomic E-state index is 11.9. The van der Waals surface area contributed by atoms with Crippen LogP contribution in [-0.4, -0.2) is 43.7 Å². The van der Waals surface area contributed by atoms with Crippen LogP contribution in [0.2, 0.25) is 0 Å². The van der Waals surface area contributed by atoms with Gasteiger partial charge in [-0.25, -0.2) is 4.98 Å². The second-order valence-corrected chi connectivity index (χ2v) is 4.54. The topological polar surface area (TPSA) is 80.5 Å². The summed E-state index contributed by atoms with van der Waals surface area (Å²) in [6.07, 6.45) is 0. The summed E-state index contributed by atoms with van der Waals surface area (Å²) in [5.74, 6) is 0.727. The molecule has 2 rings (SSSR count). The van der Waals surface area contributed by atoms with E-state index in [2.05, 4.69) is 10.3 Å². The van der Waals surface area contributed by atoms with Crippen molar-refractivity contribution in [1.29, 1.82) is 0 Å². The maximum Gasteiger partial charge on any atom is 0.244 e. The van der Waals surface area contributed by atoms with Crippen LogP contribution in [-0.2, 0) is 16.1 Å². The van der Waals surface area contributed by atoms with E-state index in [0.29, 0.717) is 26.3 Å². The molecular formula is C13H20N4O2. The number of nitrogens with one attached hydrogen (secondary N) is 1. The van der Waals surface area contributed by atoms with Gasteiger partial charge in [0, 0.05) is 31.4 Å². The zero-order chi connectivity index (χ0) is 13.8. The van der Waals surface area contributed by atoms with Gasteiger partial charge in [-0.2, -0.15) is 0 Å². The van der Waals surface area contributed by atoms with Crippen molar-refractivity contribution in [2.75, 3.05) is 31.7 Å². The van der Waals surface area contributed by atoms with Crippen molar-refractivity contribution in [2.45, 2.75) is 19.5 Å². The van der Waals surface area contributed by atoms with Gasteiger partial charge in [-0.3, -0.25) is 4.79 Å². The molecule has 1 unspecified atom stereocenters. The standard InChI is InChI=1S/C13H20N4O2/c1-9-3-4-10(7-14)12(16-9)17-5-6-19-8-11(17)13(18)15-2/h3-4,11H,5-8,14H2,1-2H3,(H,15,18). The number of amides is 1. The quantitative estimate of drug-likeness (QED) is 0.790. The molecule has 1 aromatic rings. The Morgan fingerprint density at radius 2 is 2.42 bits per heavy atom. The fraction of sp³-hybridized carbons (Fsp3) is 0.538. The van der Waals surface area contributed by atoms with Gasteiger partial charge >= 0.3 is 0 Å². The SMILES string of the molecule is CNC(=O)C1COCCN1c1nc(C)ccc1CN. The summed E-state index contributed by atoms with van der Waals surface area (Å²) >= 11 is 0. The lowest BCUT2D eigenvalue weighted by Crippen LogP contribution is -2.54. The lowest BCUT2D eigenvalue weighted by Gasteiger charge is -2.36. The summed E-state index contributed by atoms with van der Waals surface area (Å²) in [6, 6.07) is 3.55. The van der Waals surface area contributed by atoms with Crippen LogP contribution in [0, 0.1) is 6.92 Å². The Bertz CT molecular complexity index is 464. The normalized spacial score (nSPS) is 19.3. The number of ether oxygens (including phenoxy) is 1. The highest BCUT2D eigenvalue weighted by Crippen LogP contribution is 2.22. The van der Waals surface area contributed by atoms with Crippen LogP contribution in [0.3, 0.4) is 0 Å². The van der Waals surface area contributed by atoms with Gasteiger partial charge in [0.1, 0.15) is 11.9 Å². The van der Waals surface area contributed by atoms with Gasteiger partial charge in [-0.1, -0.05) is 6.07 Å². The summed E-state index contributed by atoms with van der Waals surface area (Å²) < 4.78 is 5.40. The highest BCUT2D eigenvalue weighted by Gasteiger charge is 2.30. The van der Waals surface area contributed by atoms with Gasteiger partial charge in [0.2, 0.25) is 5.91 Å². The first-order valence-electron chi connectivity index (χ1n) is 6.40. The molecule has 3 N–H and O–H groups in total. The minimum Gasteiger partial charge on any atom is -0.377 e. The van der Waals surface area contributed by atoms with Crippen LogP contribution in [0.5, 0.6) is 0 Å². The Hall–Kier alpha value is -1.66. The summed E-state index contributed by atoms with van der Waals surface area (Å²) in [7, 11) is 1.63. The average Bonchev–Trinajstić information content (AvgIpc) is 2.46. The average molecular weight is 264 g/mol. The Labute approximate surface area is 112 Å². The number of likely N-dealkylation sites (N-methyl/N-ethyl adjacent to an activating group) is 1. The lowest BCUT2D eigenvalue weighted by atomic mass is 10.1. The summed E-state index contributed by atoms with van der Waals surface area (Å²) in [5.41, 5.74) is 7.62. The number of nitrogens with zero attached hydrogens (tertiary/aromatic N) is 2. The first-order valence-corrected chi connectivity index (χ1v) is 6.40. The first-order chi connectivity index (χ1) is 9.17. The van der Waals surface area contributed by atoms with Gasteiger partial charge in [0.15, 0.2) is 0 Å². The Balaban J connectivity index is 2.36. The van der Waals surface area contributed by atoms with E-state index in [4.69, 9.17) is 10.5 Å². The third-order valence-corrected chi connectivity index (χ3v) is 3.26. The number of carbonyl (C=O) groups is 1. The van der Waals surface area contributed by atoms with E-state index in [1.54, 1.807) is 7.05 Å². The van der Waals surface area contributed by atoms with E-state index < -0.39 is 0 Å². The fourth-order valence-corrected chi connectivity index (χ4v) is 2.22. The Morgan fingerprint density at radius 1 is 1.63 bits per heavy atom. The van der Waals surface area contributed by atoms with Crippen molar-refractivity contribution < 1.29 is 9.53 Å². The van der Waals surface area contributed by atoms with Crippen LogP contribution in [0.15, 0.2) is 12.1 Å². The van der Waals surface area contributed by atoms with Crippen LogP contribution in [0.1, 0.15) is 11.3 Å². The van der Waals surface area contributed by atoms with Crippen molar-refractivity contribution in [3.63, 3.8) is 0 Å². The molecule has 0 spiro atoms. The van der Waals surface area contributed by atoms with Crippen molar-refractivity contribution in [3.8, 4) is 0 Å². The number of rotatable bonds is 3. The molecule has 0 bridgehead atoms. The molecule has 1 fully saturated rings. The van der Waals surface area contributed by atoms with Crippen LogP contribution < -0.4 is 16.0 Å². The lowest BCUT2D eigenvalue weighted by molar-refractivity contribution is -0.124. The Kier molecular flexibility index (Phi) is 4.34. The van der Waals surface area contributed by atoms with Gasteiger partial charge < -0.3 is 20.7 Å². The second kappa shape index (κ2) is 5.99. The molecule has 0 saturated carbocycles. The zero-order valence-electron chi connectivity index (χ0n) is 11.3. The largest absolute Gasteiger partial charge is 0.377 e. The van der Waals surface area contributed by atoms with E-state index >= 15 is 0 Å². The van der Waals surface area contributed by atoms with Gasteiger partial charge in [0.25, 0.3) is 0 Å². The summed E-state index contributed by atoms with van der Waals surface area (Å²) in [4.78, 5) is 18.5. The number of nitrogens with two attached hydrogens (primary N) is 1. The molecule has 1 saturated heterocycles. The molecule has 0 aromatic carbocycles. The molecule has 6 heteroatoms. The highest BCUT2D eigenvalue weighted by molar-refractivity contribution is 5.85. The highest BCUT2D eigenvalue weighted by atomic mass is 16.5. The molecule has 1 atom stereocenters. The second-order valence-electron chi connectivity index (χ2n) is 4.54. The van der Waals surface area contributed by atoms with Crippen molar-refractivity contribution in [3.05, 3.63) is 23.4 Å². The third-order valence-electron chi connectivity index (χ3n) is 3.26. The number of hydrogen-bond donors (Lipinski definition) is 2. The van der Waals surface area contributed by atoms with Crippen LogP contribution in [0.25, 0.3) is 0 Å². The fourth-order valence-electron chi connectivity index (χ4n) is 2.22. The molecule has 104 valence electrons. The molecule has 6 nitrogen and oxygen atoms in total. The molecule has 0 radical (unpaired) electrons. The Morgan fingerprint density at radius 3 is 3.11 bits per heavy atom. The number of morpholine rings is 1. The van der Waals surface area contributed by atoms with E-state index in [1.807, 2.05) is 24.0 Å². The summed E-state index contributed by atoms with van der Waals surface area (Å²) in [5, 5.41) is 2.67. The van der Waals surface area contributed by atoms with E-state index in [1.165, 1.54) is 0 Å². The predicted octanol–water partition coefficient (Wildman–Crippen LogP) is -0.200. The zero-order valence-corrected chi connectivity index (χ0v) is 11.3. The molecule has 1 amide bonds. The maximum atomic E-state index is 11.9. The van der Waals surface area contributed by atoms with Gasteiger partial charge in [-0.15, -0.1) is 0 Å². The van der Waals surface area contributed by atoms with Crippen LogP contribution >= 0.6 is 0 Å². The van der Waals surface area contributed by atoms with Crippen molar-refractivity contribution in [2.24, 2.45) is 5.73 Å². The number of aryl methyl sites for hydroxylation is 1. The van der Waals surface area contributed by atoms with E-state index in [9.17, 15) is 4.79 Å². The molecule has 19 heavy (non-hydrogen) atoms. The van der Waals surface area contributed by atoms with E-state index in [-0.39, 0.29) is 11.9 Å². The molecule has 2 heterocycles. The van der Waals surface area contributed by atoms with Crippen molar-refractivity contribution >= 4 is 11.7 Å². The minimum atomic E-state index is -0.349. The van der Waals surface area contributed by atoms with Crippen LogP contribution in [0.4, 0.5) is 5.82 Å². The third kappa shape index (κ3) is 2.85. The molecule has 1 aromatic heterocycles. The molecule has 1 aliphatic rings. The molecular weight excluding hydrogens is 244 g/mol. The monoisotopic (exact) mass is 264 g/mol. The first kappa shape index (κ1) is 13.8. The number of hydrogen-bond acceptors (Lipinski definition) is 5. The minimum absolute atomic E-state index is 0.0639. The number of pyridine rings is 1. The van der Waals surface area contributed by atoms with Crippen molar-refractivity contribution in [1.82, 2.24) is 10.3 Å². The number of aromatic nitrogens is 1.